The average molecular weight is 468 g/mol. The molecule has 0 saturated heterocycles. The zero-order valence-electron chi connectivity index (χ0n) is 16.3. The van der Waals surface area contributed by atoms with E-state index in [1.165, 1.54) is 38.5 Å². The fourth-order valence-corrected chi connectivity index (χ4v) is 2.98. The predicted molar refractivity (Wildman–Crippen MR) is 115 cm³/mol. The summed E-state index contributed by atoms with van der Waals surface area (Å²) in [7, 11) is 5.17. The summed E-state index contributed by atoms with van der Waals surface area (Å²) in [5.74, 6) is 1.58. The number of hydrogen-bond donors (Lipinski definition) is 2. The molecule has 1 rings (SSSR count). The SMILES string of the molecule is COCCNC(=NCC(=O)N(C)C)NC(C)CCC1CCCCC1.I. The van der Waals surface area contributed by atoms with Gasteiger partial charge in [-0.2, -0.15) is 0 Å². The number of halogens is 1. The molecule has 1 unspecified atom stereocenters. The second kappa shape index (κ2) is 14.6. The van der Waals surface area contributed by atoms with Crippen molar-refractivity contribution < 1.29 is 9.53 Å². The fraction of sp³-hybridized carbons (Fsp3) is 0.889. The number of methoxy groups -OCH3 is 1. The highest BCUT2D eigenvalue weighted by Gasteiger charge is 2.15. The van der Waals surface area contributed by atoms with E-state index in [-0.39, 0.29) is 36.4 Å². The number of nitrogens with zero attached hydrogens (tertiary/aromatic N) is 2. The molecule has 0 aromatic rings. The molecular formula is C18H37IN4O2. The lowest BCUT2D eigenvalue weighted by molar-refractivity contribution is -0.127. The van der Waals surface area contributed by atoms with Gasteiger partial charge < -0.3 is 20.3 Å². The second-order valence-electron chi connectivity index (χ2n) is 7.00. The normalized spacial score (nSPS) is 16.7. The van der Waals surface area contributed by atoms with E-state index in [1.54, 1.807) is 26.1 Å². The third-order valence-corrected chi connectivity index (χ3v) is 4.59. The molecule has 0 heterocycles. The first-order chi connectivity index (χ1) is 11.5. The minimum atomic E-state index is -0.00213. The molecule has 1 saturated carbocycles. The Morgan fingerprint density at radius 3 is 2.56 bits per heavy atom. The summed E-state index contributed by atoms with van der Waals surface area (Å²) in [6.45, 7) is 3.63. The molecule has 1 atom stereocenters. The largest absolute Gasteiger partial charge is 0.383 e. The zero-order chi connectivity index (χ0) is 17.8. The summed E-state index contributed by atoms with van der Waals surface area (Å²) in [6.07, 6.45) is 9.38. The molecule has 0 bridgehead atoms. The molecule has 7 heteroatoms. The maximum absolute atomic E-state index is 11.7. The Hall–Kier alpha value is -0.570. The number of amides is 1. The molecule has 0 spiro atoms. The molecular weight excluding hydrogens is 431 g/mol. The van der Waals surface area contributed by atoms with Crippen LogP contribution < -0.4 is 10.6 Å². The van der Waals surface area contributed by atoms with Crippen LogP contribution >= 0.6 is 24.0 Å². The third kappa shape index (κ3) is 11.6. The molecule has 0 radical (unpaired) electrons. The lowest BCUT2D eigenvalue weighted by atomic mass is 9.85. The Bertz CT molecular complexity index is 385. The van der Waals surface area contributed by atoms with Crippen molar-refractivity contribution in [1.82, 2.24) is 15.5 Å². The highest BCUT2D eigenvalue weighted by Crippen LogP contribution is 2.27. The first-order valence-electron chi connectivity index (χ1n) is 9.27. The number of nitrogens with one attached hydrogen (secondary N) is 2. The van der Waals surface area contributed by atoms with Gasteiger partial charge in [0.15, 0.2) is 5.96 Å². The number of carbonyl (C=O) groups excluding carboxylic acids is 1. The van der Waals surface area contributed by atoms with Crippen LogP contribution in [0.3, 0.4) is 0 Å². The van der Waals surface area contributed by atoms with E-state index in [0.29, 0.717) is 25.2 Å². The molecule has 0 aromatic heterocycles. The Balaban J connectivity index is 0.00000576. The van der Waals surface area contributed by atoms with Gasteiger partial charge in [-0.25, -0.2) is 4.99 Å². The van der Waals surface area contributed by atoms with Gasteiger partial charge in [0.2, 0.25) is 5.91 Å². The van der Waals surface area contributed by atoms with E-state index in [9.17, 15) is 4.79 Å². The number of ether oxygens (including phenoxy) is 1. The Labute approximate surface area is 170 Å². The van der Waals surface area contributed by atoms with E-state index < -0.39 is 0 Å². The number of likely N-dealkylation sites (N-methyl/N-ethyl adjacent to an activating group) is 1. The molecule has 0 aromatic carbocycles. The molecule has 1 aliphatic carbocycles. The second-order valence-corrected chi connectivity index (χ2v) is 7.00. The van der Waals surface area contributed by atoms with Crippen LogP contribution in [0.5, 0.6) is 0 Å². The Morgan fingerprint density at radius 2 is 1.96 bits per heavy atom. The highest BCUT2D eigenvalue weighted by molar-refractivity contribution is 14.0. The molecule has 1 amide bonds. The zero-order valence-corrected chi connectivity index (χ0v) is 18.7. The molecule has 6 nitrogen and oxygen atoms in total. The molecule has 2 N–H and O–H groups in total. The van der Waals surface area contributed by atoms with Crippen LogP contribution in [0.1, 0.15) is 51.9 Å². The van der Waals surface area contributed by atoms with Gasteiger partial charge in [-0.15, -0.1) is 24.0 Å². The van der Waals surface area contributed by atoms with Crippen molar-refractivity contribution >= 4 is 35.8 Å². The van der Waals surface area contributed by atoms with Crippen molar-refractivity contribution in [1.29, 1.82) is 0 Å². The molecule has 1 fully saturated rings. The quantitative estimate of drug-likeness (QED) is 0.236. The van der Waals surface area contributed by atoms with E-state index in [2.05, 4.69) is 22.5 Å². The summed E-state index contributed by atoms with van der Waals surface area (Å²) in [4.78, 5) is 17.7. The summed E-state index contributed by atoms with van der Waals surface area (Å²) in [6, 6.07) is 0.343. The Kier molecular flexibility index (Phi) is 14.3. The summed E-state index contributed by atoms with van der Waals surface area (Å²) in [5.41, 5.74) is 0. The lowest BCUT2D eigenvalue weighted by Crippen LogP contribution is -2.44. The van der Waals surface area contributed by atoms with Gasteiger partial charge in [-0.3, -0.25) is 4.79 Å². The van der Waals surface area contributed by atoms with E-state index in [0.717, 1.165) is 12.3 Å². The van der Waals surface area contributed by atoms with Crippen molar-refractivity contribution in [2.24, 2.45) is 10.9 Å². The summed E-state index contributed by atoms with van der Waals surface area (Å²) < 4.78 is 5.07. The van der Waals surface area contributed by atoms with E-state index in [4.69, 9.17) is 4.74 Å². The minimum absolute atomic E-state index is 0. The van der Waals surface area contributed by atoms with Gasteiger partial charge >= 0.3 is 0 Å². The van der Waals surface area contributed by atoms with Crippen LogP contribution in [0.4, 0.5) is 0 Å². The van der Waals surface area contributed by atoms with Crippen molar-refractivity contribution in [2.75, 3.05) is 40.9 Å². The molecule has 0 aliphatic heterocycles. The van der Waals surface area contributed by atoms with Crippen molar-refractivity contribution in [3.63, 3.8) is 0 Å². The Morgan fingerprint density at radius 1 is 1.28 bits per heavy atom. The smallest absolute Gasteiger partial charge is 0.243 e. The number of carbonyl (C=O) groups is 1. The van der Waals surface area contributed by atoms with Gasteiger partial charge in [-0.05, 0) is 25.7 Å². The first-order valence-corrected chi connectivity index (χ1v) is 9.27. The van der Waals surface area contributed by atoms with Gasteiger partial charge in [-0.1, -0.05) is 32.1 Å². The standard InChI is InChI=1S/C18H36N4O2.HI/c1-15(10-11-16-8-6-5-7-9-16)21-18(19-12-13-24-4)20-14-17(23)22(2)3;/h15-16H,5-14H2,1-4H3,(H2,19,20,21);1H. The van der Waals surface area contributed by atoms with E-state index >= 15 is 0 Å². The molecule has 25 heavy (non-hydrogen) atoms. The average Bonchev–Trinajstić information content (AvgIpc) is 2.58. The molecule has 148 valence electrons. The van der Waals surface area contributed by atoms with Crippen molar-refractivity contribution in [3.05, 3.63) is 0 Å². The predicted octanol–water partition coefficient (Wildman–Crippen LogP) is 2.62. The lowest BCUT2D eigenvalue weighted by Gasteiger charge is -2.24. The fourth-order valence-electron chi connectivity index (χ4n) is 2.98. The topological polar surface area (TPSA) is 66.0 Å². The van der Waals surface area contributed by atoms with Gasteiger partial charge in [0.05, 0.1) is 6.61 Å². The third-order valence-electron chi connectivity index (χ3n) is 4.59. The van der Waals surface area contributed by atoms with E-state index in [1.807, 2.05) is 0 Å². The number of aliphatic imine (C=N–C) groups is 1. The van der Waals surface area contributed by atoms with Crippen LogP contribution in [0, 0.1) is 5.92 Å². The van der Waals surface area contributed by atoms with Crippen LogP contribution in [0.15, 0.2) is 4.99 Å². The molecule has 1 aliphatic rings. The highest BCUT2D eigenvalue weighted by atomic mass is 127. The summed E-state index contributed by atoms with van der Waals surface area (Å²) in [5, 5.41) is 6.65. The summed E-state index contributed by atoms with van der Waals surface area (Å²) >= 11 is 0. The minimum Gasteiger partial charge on any atom is -0.383 e. The van der Waals surface area contributed by atoms with Crippen LogP contribution in [0.2, 0.25) is 0 Å². The maximum Gasteiger partial charge on any atom is 0.243 e. The monoisotopic (exact) mass is 468 g/mol. The van der Waals surface area contributed by atoms with Crippen molar-refractivity contribution in [2.45, 2.75) is 57.9 Å². The van der Waals surface area contributed by atoms with Gasteiger partial charge in [0, 0.05) is 33.8 Å². The maximum atomic E-state index is 11.7. The van der Waals surface area contributed by atoms with Gasteiger partial charge in [0.1, 0.15) is 6.54 Å². The van der Waals surface area contributed by atoms with Crippen LogP contribution in [0.25, 0.3) is 0 Å². The van der Waals surface area contributed by atoms with Crippen LogP contribution in [-0.4, -0.2) is 63.7 Å². The number of rotatable bonds is 9. The van der Waals surface area contributed by atoms with Crippen LogP contribution in [-0.2, 0) is 9.53 Å². The number of guanidine groups is 1. The van der Waals surface area contributed by atoms with Gasteiger partial charge in [0.25, 0.3) is 0 Å². The van der Waals surface area contributed by atoms with Crippen molar-refractivity contribution in [3.8, 4) is 0 Å². The first kappa shape index (κ1) is 24.4. The number of hydrogen-bond acceptors (Lipinski definition) is 3.